The van der Waals surface area contributed by atoms with E-state index in [1.165, 1.54) is 25.6 Å². The number of hydrogen-bond acceptors (Lipinski definition) is 5. The van der Waals surface area contributed by atoms with Crippen molar-refractivity contribution in [3.8, 4) is 0 Å². The van der Waals surface area contributed by atoms with Gasteiger partial charge < -0.3 is 10.1 Å². The second kappa shape index (κ2) is 7.20. The maximum Gasteiger partial charge on any atom is 0.147 e. The molecule has 6 heteroatoms. The molecule has 20 heavy (non-hydrogen) atoms. The maximum atomic E-state index is 11.2. The van der Waals surface area contributed by atoms with Crippen LogP contribution in [0, 0.1) is 0 Å². The van der Waals surface area contributed by atoms with Crippen molar-refractivity contribution in [2.24, 2.45) is 0 Å². The van der Waals surface area contributed by atoms with E-state index in [0.29, 0.717) is 12.5 Å². The summed E-state index contributed by atoms with van der Waals surface area (Å²) in [6.45, 7) is 5.99. The summed E-state index contributed by atoms with van der Waals surface area (Å²) in [7, 11) is -2.86. The first-order valence-electron chi connectivity index (χ1n) is 7.76. The van der Waals surface area contributed by atoms with Gasteiger partial charge in [-0.1, -0.05) is 6.92 Å². The molecule has 5 nitrogen and oxygen atoms in total. The van der Waals surface area contributed by atoms with E-state index >= 15 is 0 Å². The highest BCUT2D eigenvalue weighted by molar-refractivity contribution is 7.90. The molecule has 0 aliphatic carbocycles. The molecule has 0 spiro atoms. The SMILES string of the molecule is CCNC(CCCS(C)(=O)=O)C1CN2CCCC2CO1. The number of morpholine rings is 1. The molecule has 0 amide bonds. The maximum absolute atomic E-state index is 11.2. The van der Waals surface area contributed by atoms with Crippen molar-refractivity contribution in [3.63, 3.8) is 0 Å². The average molecular weight is 304 g/mol. The fourth-order valence-electron chi connectivity index (χ4n) is 3.33. The zero-order chi connectivity index (χ0) is 14.6. The summed E-state index contributed by atoms with van der Waals surface area (Å²) in [6.07, 6.45) is 5.61. The van der Waals surface area contributed by atoms with E-state index in [-0.39, 0.29) is 17.9 Å². The van der Waals surface area contributed by atoms with Gasteiger partial charge in [-0.3, -0.25) is 4.90 Å². The van der Waals surface area contributed by atoms with E-state index in [1.807, 2.05) is 0 Å². The summed E-state index contributed by atoms with van der Waals surface area (Å²) in [5.74, 6) is 0.272. The molecule has 0 aromatic carbocycles. The molecule has 2 heterocycles. The zero-order valence-electron chi connectivity index (χ0n) is 12.7. The predicted octanol–water partition coefficient (Wildman–Crippen LogP) is 0.653. The van der Waals surface area contributed by atoms with Gasteiger partial charge in [-0.25, -0.2) is 8.42 Å². The van der Waals surface area contributed by atoms with Crippen LogP contribution in [0.3, 0.4) is 0 Å². The van der Waals surface area contributed by atoms with Crippen LogP contribution in [-0.4, -0.2) is 69.8 Å². The van der Waals surface area contributed by atoms with Crippen molar-refractivity contribution >= 4 is 9.84 Å². The third-order valence-corrected chi connectivity index (χ3v) is 5.39. The molecule has 2 fully saturated rings. The molecular formula is C14H28N2O3S. The van der Waals surface area contributed by atoms with Crippen LogP contribution in [-0.2, 0) is 14.6 Å². The molecular weight excluding hydrogens is 276 g/mol. The summed E-state index contributed by atoms with van der Waals surface area (Å²) >= 11 is 0. The molecule has 2 rings (SSSR count). The highest BCUT2D eigenvalue weighted by Crippen LogP contribution is 2.24. The quantitative estimate of drug-likeness (QED) is 0.748. The average Bonchev–Trinajstić information content (AvgIpc) is 2.83. The fourth-order valence-corrected chi connectivity index (χ4v) is 4.02. The Morgan fingerprint density at radius 2 is 2.25 bits per heavy atom. The first-order valence-corrected chi connectivity index (χ1v) is 9.82. The molecule has 0 saturated carbocycles. The van der Waals surface area contributed by atoms with E-state index in [2.05, 4.69) is 17.1 Å². The third-order valence-electron chi connectivity index (χ3n) is 4.36. The van der Waals surface area contributed by atoms with Gasteiger partial charge in [-0.2, -0.15) is 0 Å². The summed E-state index contributed by atoms with van der Waals surface area (Å²) in [6, 6.07) is 0.882. The van der Waals surface area contributed by atoms with Gasteiger partial charge in [0, 0.05) is 30.6 Å². The Morgan fingerprint density at radius 3 is 2.95 bits per heavy atom. The summed E-state index contributed by atoms with van der Waals surface area (Å²) in [4.78, 5) is 2.54. The molecule has 0 radical (unpaired) electrons. The fraction of sp³-hybridized carbons (Fsp3) is 1.00. The van der Waals surface area contributed by atoms with Crippen LogP contribution in [0.4, 0.5) is 0 Å². The molecule has 2 aliphatic rings. The summed E-state index contributed by atoms with van der Waals surface area (Å²) in [5.41, 5.74) is 0. The highest BCUT2D eigenvalue weighted by atomic mass is 32.2. The topological polar surface area (TPSA) is 58.6 Å². The minimum Gasteiger partial charge on any atom is -0.374 e. The Kier molecular flexibility index (Phi) is 5.84. The van der Waals surface area contributed by atoms with E-state index in [0.717, 1.165) is 26.1 Å². The van der Waals surface area contributed by atoms with Gasteiger partial charge in [0.2, 0.25) is 0 Å². The van der Waals surface area contributed by atoms with Crippen LogP contribution in [0.15, 0.2) is 0 Å². The second-order valence-corrected chi connectivity index (χ2v) is 8.36. The lowest BCUT2D eigenvalue weighted by atomic mass is 10.0. The normalized spacial score (nSPS) is 29.3. The van der Waals surface area contributed by atoms with Crippen molar-refractivity contribution in [2.45, 2.75) is 50.8 Å². The first-order chi connectivity index (χ1) is 9.49. The van der Waals surface area contributed by atoms with Gasteiger partial charge in [0.15, 0.2) is 0 Å². The Balaban J connectivity index is 1.84. The van der Waals surface area contributed by atoms with E-state index < -0.39 is 9.84 Å². The van der Waals surface area contributed by atoms with Crippen molar-refractivity contribution < 1.29 is 13.2 Å². The van der Waals surface area contributed by atoms with Gasteiger partial charge in [0.1, 0.15) is 9.84 Å². The minimum absolute atomic E-state index is 0.198. The Morgan fingerprint density at radius 1 is 1.45 bits per heavy atom. The van der Waals surface area contributed by atoms with Crippen LogP contribution in [0.1, 0.15) is 32.6 Å². The Hall–Kier alpha value is -0.170. The molecule has 2 saturated heterocycles. The number of hydrogen-bond donors (Lipinski definition) is 1. The van der Waals surface area contributed by atoms with Crippen molar-refractivity contribution in [1.29, 1.82) is 0 Å². The summed E-state index contributed by atoms with van der Waals surface area (Å²) < 4.78 is 28.5. The monoisotopic (exact) mass is 304 g/mol. The molecule has 0 aromatic rings. The number of ether oxygens (including phenoxy) is 1. The van der Waals surface area contributed by atoms with Crippen LogP contribution in [0.25, 0.3) is 0 Å². The van der Waals surface area contributed by atoms with Crippen LogP contribution in [0.2, 0.25) is 0 Å². The van der Waals surface area contributed by atoms with E-state index in [9.17, 15) is 8.42 Å². The Labute approximate surface area is 123 Å². The number of fused-ring (bicyclic) bond motifs is 1. The van der Waals surface area contributed by atoms with Crippen LogP contribution in [0.5, 0.6) is 0 Å². The van der Waals surface area contributed by atoms with Gasteiger partial charge in [-0.05, 0) is 38.8 Å². The number of likely N-dealkylation sites (N-methyl/N-ethyl adjacent to an activating group) is 1. The van der Waals surface area contributed by atoms with Crippen molar-refractivity contribution in [2.75, 3.05) is 38.2 Å². The van der Waals surface area contributed by atoms with Gasteiger partial charge in [0.25, 0.3) is 0 Å². The molecule has 2 aliphatic heterocycles. The standard InChI is InChI=1S/C14H28N2O3S/c1-3-15-13(7-5-9-20(2,17)18)14-10-16-8-4-6-12(16)11-19-14/h12-15H,3-11H2,1-2H3. The number of nitrogens with one attached hydrogen (secondary N) is 1. The third kappa shape index (κ3) is 4.69. The summed E-state index contributed by atoms with van der Waals surface area (Å²) in [5, 5.41) is 3.47. The molecule has 0 aromatic heterocycles. The highest BCUT2D eigenvalue weighted by Gasteiger charge is 2.35. The number of rotatable bonds is 7. The van der Waals surface area contributed by atoms with E-state index in [4.69, 9.17) is 4.74 Å². The molecule has 0 bridgehead atoms. The van der Waals surface area contributed by atoms with Gasteiger partial charge >= 0.3 is 0 Å². The largest absolute Gasteiger partial charge is 0.374 e. The molecule has 118 valence electrons. The van der Waals surface area contributed by atoms with Crippen LogP contribution >= 0.6 is 0 Å². The minimum atomic E-state index is -2.86. The lowest BCUT2D eigenvalue weighted by Crippen LogP contribution is -2.54. The van der Waals surface area contributed by atoms with Crippen molar-refractivity contribution in [3.05, 3.63) is 0 Å². The molecule has 1 N–H and O–H groups in total. The molecule has 3 atom stereocenters. The zero-order valence-corrected chi connectivity index (χ0v) is 13.5. The van der Waals surface area contributed by atoms with Gasteiger partial charge in [-0.15, -0.1) is 0 Å². The van der Waals surface area contributed by atoms with Crippen molar-refractivity contribution in [1.82, 2.24) is 10.2 Å². The number of nitrogens with zero attached hydrogens (tertiary/aromatic N) is 1. The van der Waals surface area contributed by atoms with Gasteiger partial charge in [0.05, 0.1) is 12.7 Å². The first kappa shape index (κ1) is 16.2. The number of sulfone groups is 1. The van der Waals surface area contributed by atoms with E-state index in [1.54, 1.807) is 0 Å². The second-order valence-electron chi connectivity index (χ2n) is 6.10. The Bertz CT molecular complexity index is 399. The molecule has 3 unspecified atom stereocenters. The van der Waals surface area contributed by atoms with Crippen LogP contribution < -0.4 is 5.32 Å². The lowest BCUT2D eigenvalue weighted by molar-refractivity contribution is -0.0654. The smallest absolute Gasteiger partial charge is 0.147 e. The lowest BCUT2D eigenvalue weighted by Gasteiger charge is -2.39. The predicted molar refractivity (Wildman–Crippen MR) is 80.7 cm³/mol.